The molecule has 0 saturated carbocycles. The molecule has 1 nitrogen and oxygen atoms in total. The highest BCUT2D eigenvalue weighted by Gasteiger charge is 2.40. The van der Waals surface area contributed by atoms with Crippen LogP contribution < -0.4 is 0 Å². The van der Waals surface area contributed by atoms with E-state index in [0.29, 0.717) is 5.75 Å². The number of halogens is 1. The van der Waals surface area contributed by atoms with Crippen LogP contribution >= 0.6 is 11.8 Å². The molecule has 3 heteroatoms. The lowest BCUT2D eigenvalue weighted by molar-refractivity contribution is 0.0905. The van der Waals surface area contributed by atoms with E-state index in [1.807, 2.05) is 38.1 Å². The number of ketones is 1. The Kier molecular flexibility index (Phi) is 3.17. The van der Waals surface area contributed by atoms with Gasteiger partial charge in [-0.2, -0.15) is 0 Å². The Balaban J connectivity index is 2.09. The topological polar surface area (TPSA) is 17.1 Å². The van der Waals surface area contributed by atoms with E-state index in [1.165, 1.54) is 12.1 Å². The summed E-state index contributed by atoms with van der Waals surface area (Å²) >= 11 is 1.67. The molecule has 3 rings (SSSR count). The van der Waals surface area contributed by atoms with Gasteiger partial charge in [-0.1, -0.05) is 18.2 Å². The number of carbonyl (C=O) groups is 1. The van der Waals surface area contributed by atoms with E-state index in [2.05, 4.69) is 0 Å². The number of carbonyl (C=O) groups excluding carboxylic acids is 1. The van der Waals surface area contributed by atoms with Crippen molar-refractivity contribution in [3.05, 3.63) is 65.0 Å². The number of aryl methyl sites for hydroxylation is 1. The van der Waals surface area contributed by atoms with Gasteiger partial charge >= 0.3 is 0 Å². The summed E-state index contributed by atoms with van der Waals surface area (Å²) in [5.41, 5.74) is 1.99. The van der Waals surface area contributed by atoms with E-state index in [9.17, 15) is 9.18 Å². The van der Waals surface area contributed by atoms with Gasteiger partial charge in [0.1, 0.15) is 5.82 Å². The highest BCUT2D eigenvalue weighted by Crippen LogP contribution is 2.42. The molecule has 1 heterocycles. The highest BCUT2D eigenvalue weighted by atomic mass is 32.2. The SMILES string of the molecule is Cc1ccc2c(c1)SCC(C)(c1cccc(F)c1)C2=O. The normalized spacial score (nSPS) is 21.6. The van der Waals surface area contributed by atoms with Crippen LogP contribution in [0.5, 0.6) is 0 Å². The average molecular weight is 286 g/mol. The fourth-order valence-electron chi connectivity index (χ4n) is 2.57. The zero-order valence-electron chi connectivity index (χ0n) is 11.4. The van der Waals surface area contributed by atoms with Gasteiger partial charge in [-0.15, -0.1) is 11.8 Å². The van der Waals surface area contributed by atoms with Crippen LogP contribution in [0.1, 0.15) is 28.4 Å². The van der Waals surface area contributed by atoms with Crippen LogP contribution in [0.2, 0.25) is 0 Å². The first kappa shape index (κ1) is 13.4. The zero-order valence-corrected chi connectivity index (χ0v) is 12.3. The third kappa shape index (κ3) is 2.06. The molecule has 0 spiro atoms. The molecule has 0 radical (unpaired) electrons. The lowest BCUT2D eigenvalue weighted by atomic mass is 9.77. The maximum Gasteiger partial charge on any atom is 0.175 e. The van der Waals surface area contributed by atoms with Gasteiger partial charge in [0, 0.05) is 16.2 Å². The molecule has 0 bridgehead atoms. The predicted molar refractivity (Wildman–Crippen MR) is 80.0 cm³/mol. The Morgan fingerprint density at radius 2 is 2.00 bits per heavy atom. The van der Waals surface area contributed by atoms with Gasteiger partial charge in [-0.05, 0) is 49.2 Å². The molecule has 102 valence electrons. The predicted octanol–water partition coefficient (Wildman–Crippen LogP) is 4.38. The second-order valence-electron chi connectivity index (χ2n) is 5.46. The third-order valence-corrected chi connectivity index (χ3v) is 5.23. The average Bonchev–Trinajstić information content (AvgIpc) is 2.43. The highest BCUT2D eigenvalue weighted by molar-refractivity contribution is 7.99. The summed E-state index contributed by atoms with van der Waals surface area (Å²) in [6, 6.07) is 12.3. The van der Waals surface area contributed by atoms with E-state index in [1.54, 1.807) is 17.8 Å². The van der Waals surface area contributed by atoms with Gasteiger partial charge in [-0.3, -0.25) is 4.79 Å². The van der Waals surface area contributed by atoms with Crippen LogP contribution in [-0.2, 0) is 5.41 Å². The van der Waals surface area contributed by atoms with Gasteiger partial charge in [0.2, 0.25) is 0 Å². The standard InChI is InChI=1S/C17H15FOS/c1-11-6-7-14-15(8-11)20-10-17(2,16(14)19)12-4-3-5-13(18)9-12/h3-9H,10H2,1-2H3. The van der Waals surface area contributed by atoms with Crippen LogP contribution in [0.15, 0.2) is 47.4 Å². The second kappa shape index (κ2) is 4.74. The van der Waals surface area contributed by atoms with Crippen LogP contribution in [0, 0.1) is 12.7 Å². The molecule has 20 heavy (non-hydrogen) atoms. The van der Waals surface area contributed by atoms with Gasteiger partial charge in [-0.25, -0.2) is 4.39 Å². The summed E-state index contributed by atoms with van der Waals surface area (Å²) in [5.74, 6) is 0.430. The number of Topliss-reactive ketones (excluding diaryl/α,β-unsaturated/α-hetero) is 1. The quantitative estimate of drug-likeness (QED) is 0.774. The van der Waals surface area contributed by atoms with Gasteiger partial charge in [0.25, 0.3) is 0 Å². The number of rotatable bonds is 1. The summed E-state index contributed by atoms with van der Waals surface area (Å²) in [4.78, 5) is 13.9. The number of hydrogen-bond acceptors (Lipinski definition) is 2. The van der Waals surface area contributed by atoms with Crippen LogP contribution in [0.3, 0.4) is 0 Å². The smallest absolute Gasteiger partial charge is 0.175 e. The molecule has 0 saturated heterocycles. The maximum absolute atomic E-state index is 13.4. The molecule has 1 unspecified atom stereocenters. The summed E-state index contributed by atoms with van der Waals surface area (Å²) < 4.78 is 13.4. The van der Waals surface area contributed by atoms with E-state index < -0.39 is 5.41 Å². The molecule has 1 atom stereocenters. The van der Waals surface area contributed by atoms with Crippen LogP contribution in [0.25, 0.3) is 0 Å². The summed E-state index contributed by atoms with van der Waals surface area (Å²) in [6.07, 6.45) is 0. The minimum absolute atomic E-state index is 0.0804. The molecular weight excluding hydrogens is 271 g/mol. The minimum atomic E-state index is -0.658. The number of thioether (sulfide) groups is 1. The van der Waals surface area contributed by atoms with Crippen molar-refractivity contribution in [1.82, 2.24) is 0 Å². The molecular formula is C17H15FOS. The fourth-order valence-corrected chi connectivity index (χ4v) is 3.89. The minimum Gasteiger partial charge on any atom is -0.293 e. The maximum atomic E-state index is 13.4. The molecule has 0 aliphatic carbocycles. The summed E-state index contributed by atoms with van der Waals surface area (Å²) in [5, 5.41) is 0. The van der Waals surface area contributed by atoms with E-state index in [-0.39, 0.29) is 11.6 Å². The molecule has 0 amide bonds. The summed E-state index contributed by atoms with van der Waals surface area (Å²) in [6.45, 7) is 3.92. The fraction of sp³-hybridized carbons (Fsp3) is 0.235. The first-order valence-corrected chi connectivity index (χ1v) is 7.53. The number of fused-ring (bicyclic) bond motifs is 1. The Hall–Kier alpha value is -1.61. The molecule has 2 aromatic carbocycles. The van der Waals surface area contributed by atoms with Crippen molar-refractivity contribution in [1.29, 1.82) is 0 Å². The molecule has 2 aromatic rings. The van der Waals surface area contributed by atoms with Crippen molar-refractivity contribution in [3.8, 4) is 0 Å². The number of hydrogen-bond donors (Lipinski definition) is 0. The summed E-state index contributed by atoms with van der Waals surface area (Å²) in [7, 11) is 0. The lowest BCUT2D eigenvalue weighted by Crippen LogP contribution is -2.38. The molecule has 1 aliphatic rings. The monoisotopic (exact) mass is 286 g/mol. The van der Waals surface area contributed by atoms with Crippen LogP contribution in [-0.4, -0.2) is 11.5 Å². The first-order chi connectivity index (χ1) is 9.50. The largest absolute Gasteiger partial charge is 0.293 e. The van der Waals surface area contributed by atoms with E-state index in [4.69, 9.17) is 0 Å². The van der Waals surface area contributed by atoms with Crippen molar-refractivity contribution in [2.45, 2.75) is 24.2 Å². The van der Waals surface area contributed by atoms with Gasteiger partial charge in [0.15, 0.2) is 5.78 Å². The van der Waals surface area contributed by atoms with Crippen LogP contribution in [0.4, 0.5) is 4.39 Å². The Labute approximate surface area is 122 Å². The van der Waals surface area contributed by atoms with Crippen molar-refractivity contribution in [2.24, 2.45) is 0 Å². The van der Waals surface area contributed by atoms with Crippen molar-refractivity contribution in [3.63, 3.8) is 0 Å². The Bertz CT molecular complexity index is 695. The molecule has 0 N–H and O–H groups in total. The first-order valence-electron chi connectivity index (χ1n) is 6.55. The lowest BCUT2D eigenvalue weighted by Gasteiger charge is -2.33. The zero-order chi connectivity index (χ0) is 14.3. The molecule has 0 fully saturated rings. The Morgan fingerprint density at radius 1 is 1.20 bits per heavy atom. The number of benzene rings is 2. The molecule has 0 aromatic heterocycles. The van der Waals surface area contributed by atoms with Gasteiger partial charge in [0.05, 0.1) is 5.41 Å². The van der Waals surface area contributed by atoms with Crippen molar-refractivity contribution >= 4 is 17.5 Å². The molecule has 1 aliphatic heterocycles. The Morgan fingerprint density at radius 3 is 2.75 bits per heavy atom. The van der Waals surface area contributed by atoms with Gasteiger partial charge < -0.3 is 0 Å². The van der Waals surface area contributed by atoms with Crippen molar-refractivity contribution in [2.75, 3.05) is 5.75 Å². The van der Waals surface area contributed by atoms with Crippen molar-refractivity contribution < 1.29 is 9.18 Å². The van der Waals surface area contributed by atoms with E-state index in [0.717, 1.165) is 21.6 Å². The van der Waals surface area contributed by atoms with E-state index >= 15 is 0 Å². The second-order valence-corrected chi connectivity index (χ2v) is 6.48. The third-order valence-electron chi connectivity index (χ3n) is 3.86.